The number of hydrogen-bond donors (Lipinski definition) is 2. The van der Waals surface area contributed by atoms with Crippen molar-refractivity contribution in [3.63, 3.8) is 0 Å². The summed E-state index contributed by atoms with van der Waals surface area (Å²) in [6.45, 7) is 3.26. The number of aryl methyl sites for hydroxylation is 1. The molecule has 3 N–H and O–H groups in total. The Morgan fingerprint density at radius 3 is 2.78 bits per heavy atom. The summed E-state index contributed by atoms with van der Waals surface area (Å²) in [5.74, 6) is 1.22. The van der Waals surface area contributed by atoms with E-state index in [-0.39, 0.29) is 11.9 Å². The third kappa shape index (κ3) is 3.80. The summed E-state index contributed by atoms with van der Waals surface area (Å²) in [5, 5.41) is 3.04. The van der Waals surface area contributed by atoms with Crippen molar-refractivity contribution in [1.82, 2.24) is 20.2 Å². The summed E-state index contributed by atoms with van der Waals surface area (Å²) in [6.07, 6.45) is 10.1. The van der Waals surface area contributed by atoms with Crippen molar-refractivity contribution < 1.29 is 4.79 Å². The first-order valence-electron chi connectivity index (χ1n) is 8.76. The molecule has 6 heteroatoms. The second kappa shape index (κ2) is 7.25. The lowest BCUT2D eigenvalue weighted by molar-refractivity contribution is -0.129. The van der Waals surface area contributed by atoms with Gasteiger partial charge in [0.05, 0.1) is 6.04 Å². The van der Waals surface area contributed by atoms with Crippen LogP contribution in [0.15, 0.2) is 6.20 Å². The predicted molar refractivity (Wildman–Crippen MR) is 89.6 cm³/mol. The highest BCUT2D eigenvalue weighted by Gasteiger charge is 2.34. The minimum absolute atomic E-state index is 0.0134. The van der Waals surface area contributed by atoms with Crippen LogP contribution in [0.3, 0.4) is 0 Å². The monoisotopic (exact) mass is 317 g/mol. The molecule has 0 bridgehead atoms. The summed E-state index contributed by atoms with van der Waals surface area (Å²) >= 11 is 0. The number of amides is 1. The van der Waals surface area contributed by atoms with Crippen molar-refractivity contribution >= 4 is 11.7 Å². The number of nitrogen functional groups attached to an aromatic ring is 1. The molecule has 23 heavy (non-hydrogen) atoms. The SMILES string of the molecule is Cc1ncc(CNC(=O)C2CCCCN2C2CCCC2)c(N)n1. The lowest BCUT2D eigenvalue weighted by Gasteiger charge is -2.38. The van der Waals surface area contributed by atoms with Crippen molar-refractivity contribution in [1.29, 1.82) is 0 Å². The zero-order valence-electron chi connectivity index (χ0n) is 13.9. The fraction of sp³-hybridized carbons (Fsp3) is 0.706. The summed E-state index contributed by atoms with van der Waals surface area (Å²) in [5.41, 5.74) is 6.68. The molecule has 2 aliphatic rings. The van der Waals surface area contributed by atoms with Gasteiger partial charge in [0, 0.05) is 24.3 Å². The molecule has 1 aliphatic heterocycles. The Bertz CT molecular complexity index is 556. The third-order valence-corrected chi connectivity index (χ3v) is 5.11. The van der Waals surface area contributed by atoms with E-state index in [0.717, 1.165) is 24.9 Å². The molecule has 1 amide bonds. The van der Waals surface area contributed by atoms with E-state index in [1.807, 2.05) is 0 Å². The molecule has 2 fully saturated rings. The molecule has 1 atom stereocenters. The highest BCUT2D eigenvalue weighted by Crippen LogP contribution is 2.29. The van der Waals surface area contributed by atoms with Gasteiger partial charge in [-0.3, -0.25) is 9.69 Å². The van der Waals surface area contributed by atoms with Gasteiger partial charge in [0.25, 0.3) is 0 Å². The number of piperidine rings is 1. The van der Waals surface area contributed by atoms with Gasteiger partial charge in [-0.25, -0.2) is 9.97 Å². The van der Waals surface area contributed by atoms with Gasteiger partial charge in [0.2, 0.25) is 5.91 Å². The smallest absolute Gasteiger partial charge is 0.237 e. The molecule has 0 aromatic carbocycles. The van der Waals surface area contributed by atoms with E-state index in [4.69, 9.17) is 5.73 Å². The first kappa shape index (κ1) is 16.2. The van der Waals surface area contributed by atoms with Gasteiger partial charge in [-0.15, -0.1) is 0 Å². The minimum Gasteiger partial charge on any atom is -0.383 e. The summed E-state index contributed by atoms with van der Waals surface area (Å²) in [6, 6.07) is 0.610. The van der Waals surface area contributed by atoms with Crippen molar-refractivity contribution in [2.75, 3.05) is 12.3 Å². The van der Waals surface area contributed by atoms with E-state index in [0.29, 0.717) is 24.2 Å². The van der Waals surface area contributed by atoms with Crippen LogP contribution >= 0.6 is 0 Å². The van der Waals surface area contributed by atoms with Crippen LogP contribution in [0.25, 0.3) is 0 Å². The number of carbonyl (C=O) groups is 1. The minimum atomic E-state index is 0.0134. The molecule has 6 nitrogen and oxygen atoms in total. The summed E-state index contributed by atoms with van der Waals surface area (Å²) < 4.78 is 0. The summed E-state index contributed by atoms with van der Waals surface area (Å²) in [4.78, 5) is 23.4. The Balaban J connectivity index is 1.61. The zero-order valence-corrected chi connectivity index (χ0v) is 13.9. The van der Waals surface area contributed by atoms with E-state index < -0.39 is 0 Å². The number of aromatic nitrogens is 2. The normalized spacial score (nSPS) is 23.1. The second-order valence-electron chi connectivity index (χ2n) is 6.73. The van der Waals surface area contributed by atoms with Crippen LogP contribution in [0.1, 0.15) is 56.3 Å². The lowest BCUT2D eigenvalue weighted by atomic mass is 9.98. The van der Waals surface area contributed by atoms with Crippen LogP contribution in [-0.2, 0) is 11.3 Å². The molecule has 1 aromatic rings. The first-order valence-corrected chi connectivity index (χ1v) is 8.76. The van der Waals surface area contributed by atoms with Crippen LogP contribution < -0.4 is 11.1 Å². The average molecular weight is 317 g/mol. The van der Waals surface area contributed by atoms with Gasteiger partial charge >= 0.3 is 0 Å². The molecular weight excluding hydrogens is 290 g/mol. The lowest BCUT2D eigenvalue weighted by Crippen LogP contribution is -2.52. The number of nitrogens with zero attached hydrogens (tertiary/aromatic N) is 3. The van der Waals surface area contributed by atoms with Crippen LogP contribution in [0.2, 0.25) is 0 Å². The number of nitrogens with one attached hydrogen (secondary N) is 1. The zero-order chi connectivity index (χ0) is 16.2. The van der Waals surface area contributed by atoms with E-state index in [1.54, 1.807) is 13.1 Å². The van der Waals surface area contributed by atoms with Crippen molar-refractivity contribution in [3.8, 4) is 0 Å². The second-order valence-corrected chi connectivity index (χ2v) is 6.73. The van der Waals surface area contributed by atoms with Crippen LogP contribution in [0.5, 0.6) is 0 Å². The molecule has 126 valence electrons. The van der Waals surface area contributed by atoms with E-state index >= 15 is 0 Å². The van der Waals surface area contributed by atoms with Crippen LogP contribution in [0.4, 0.5) is 5.82 Å². The average Bonchev–Trinajstić information content (AvgIpc) is 3.08. The number of rotatable bonds is 4. The number of hydrogen-bond acceptors (Lipinski definition) is 5. The Morgan fingerprint density at radius 2 is 2.04 bits per heavy atom. The van der Waals surface area contributed by atoms with Crippen molar-refractivity contribution in [2.45, 2.75) is 70.5 Å². The largest absolute Gasteiger partial charge is 0.383 e. The first-order chi connectivity index (χ1) is 11.1. The van der Waals surface area contributed by atoms with Gasteiger partial charge in [-0.1, -0.05) is 19.3 Å². The Labute approximate surface area is 137 Å². The van der Waals surface area contributed by atoms with Crippen molar-refractivity contribution in [2.24, 2.45) is 0 Å². The molecule has 0 radical (unpaired) electrons. The highest BCUT2D eigenvalue weighted by molar-refractivity contribution is 5.82. The van der Waals surface area contributed by atoms with Gasteiger partial charge in [-0.05, 0) is 39.2 Å². The predicted octanol–water partition coefficient (Wildman–Crippen LogP) is 1.78. The number of anilines is 1. The molecule has 1 unspecified atom stereocenters. The van der Waals surface area contributed by atoms with Gasteiger partial charge in [0.1, 0.15) is 11.6 Å². The van der Waals surface area contributed by atoms with Gasteiger partial charge in [0.15, 0.2) is 0 Å². The fourth-order valence-corrected chi connectivity index (χ4v) is 3.86. The quantitative estimate of drug-likeness (QED) is 0.884. The van der Waals surface area contributed by atoms with Gasteiger partial charge < -0.3 is 11.1 Å². The Morgan fingerprint density at radius 1 is 1.30 bits per heavy atom. The maximum Gasteiger partial charge on any atom is 0.237 e. The highest BCUT2D eigenvalue weighted by atomic mass is 16.2. The Hall–Kier alpha value is -1.69. The van der Waals surface area contributed by atoms with Crippen LogP contribution in [-0.4, -0.2) is 39.4 Å². The Kier molecular flexibility index (Phi) is 5.10. The van der Waals surface area contributed by atoms with Crippen LogP contribution in [0, 0.1) is 6.92 Å². The number of nitrogens with two attached hydrogens (primary N) is 1. The topological polar surface area (TPSA) is 84.1 Å². The molecule has 1 aliphatic carbocycles. The van der Waals surface area contributed by atoms with E-state index in [2.05, 4.69) is 20.2 Å². The maximum absolute atomic E-state index is 12.7. The third-order valence-electron chi connectivity index (χ3n) is 5.11. The molecule has 2 heterocycles. The molecule has 0 spiro atoms. The number of carbonyl (C=O) groups excluding carboxylic acids is 1. The van der Waals surface area contributed by atoms with E-state index in [1.165, 1.54) is 32.1 Å². The summed E-state index contributed by atoms with van der Waals surface area (Å²) in [7, 11) is 0. The standard InChI is InChI=1S/C17H27N5O/c1-12-19-10-13(16(18)21-12)11-20-17(23)15-8-4-5-9-22(15)14-6-2-3-7-14/h10,14-15H,2-9,11H2,1H3,(H,20,23)(H2,18,19,21). The fourth-order valence-electron chi connectivity index (χ4n) is 3.86. The van der Waals surface area contributed by atoms with E-state index in [9.17, 15) is 4.79 Å². The number of likely N-dealkylation sites (tertiary alicyclic amines) is 1. The molecular formula is C17H27N5O. The molecule has 3 rings (SSSR count). The van der Waals surface area contributed by atoms with Gasteiger partial charge in [-0.2, -0.15) is 0 Å². The molecule has 1 saturated heterocycles. The van der Waals surface area contributed by atoms with Crippen molar-refractivity contribution in [3.05, 3.63) is 17.6 Å². The maximum atomic E-state index is 12.7. The molecule has 1 aromatic heterocycles. The molecule has 1 saturated carbocycles.